The third-order valence-corrected chi connectivity index (χ3v) is 7.08. The Labute approximate surface area is 198 Å². The summed E-state index contributed by atoms with van der Waals surface area (Å²) in [6.45, 7) is 1.94. The molecule has 4 rings (SSSR count). The molecule has 0 saturated heterocycles. The molecule has 1 aliphatic carbocycles. The molecule has 2 N–H and O–H groups in total. The first kappa shape index (κ1) is 23.7. The van der Waals surface area contributed by atoms with Crippen molar-refractivity contribution in [1.29, 1.82) is 0 Å². The monoisotopic (exact) mass is 481 g/mol. The Morgan fingerprint density at radius 2 is 1.97 bits per heavy atom. The van der Waals surface area contributed by atoms with Crippen LogP contribution in [0.25, 0.3) is 11.1 Å². The number of pyridine rings is 2. The summed E-state index contributed by atoms with van der Waals surface area (Å²) in [7, 11) is 1.60. The molecule has 1 amide bonds. The number of aromatic nitrogens is 4. The van der Waals surface area contributed by atoms with Crippen molar-refractivity contribution in [2.75, 3.05) is 26.1 Å². The van der Waals surface area contributed by atoms with Crippen LogP contribution in [0.3, 0.4) is 0 Å². The predicted octanol–water partition coefficient (Wildman–Crippen LogP) is 2.28. The van der Waals surface area contributed by atoms with E-state index in [-0.39, 0.29) is 11.4 Å². The van der Waals surface area contributed by atoms with Gasteiger partial charge in [-0.3, -0.25) is 9.78 Å². The van der Waals surface area contributed by atoms with Crippen LogP contribution in [0.2, 0.25) is 0 Å². The lowest BCUT2D eigenvalue weighted by atomic mass is 9.93. The van der Waals surface area contributed by atoms with E-state index in [4.69, 9.17) is 9.88 Å². The van der Waals surface area contributed by atoms with Gasteiger partial charge in [-0.15, -0.1) is 9.46 Å². The number of nitrogens with two attached hydrogens (primary N) is 1. The van der Waals surface area contributed by atoms with E-state index in [1.807, 2.05) is 27.1 Å². The number of nitrogens with zero attached hydrogens (tertiary/aromatic N) is 6. The molecule has 10 nitrogen and oxygen atoms in total. The normalized spacial score (nSPS) is 14.3. The summed E-state index contributed by atoms with van der Waals surface area (Å²) in [6, 6.07) is 3.35. The molecule has 0 spiro atoms. The predicted molar refractivity (Wildman–Crippen MR) is 129 cm³/mol. The molecule has 0 aromatic carbocycles. The van der Waals surface area contributed by atoms with Gasteiger partial charge in [-0.1, -0.05) is 0 Å². The zero-order valence-corrected chi connectivity index (χ0v) is 20.4. The SMILES string of the molecule is COc1cc(-c2cnc3c(c2CC(=O)N=S(N)(=O)c2cc(N(C)C)cnn2)CCC3)c(C)cn1. The van der Waals surface area contributed by atoms with Crippen molar-refractivity contribution in [3.05, 3.63) is 53.1 Å². The number of carbonyl (C=O) groups is 1. The molecule has 3 aromatic rings. The number of aryl methyl sites for hydroxylation is 2. The first-order chi connectivity index (χ1) is 16.2. The van der Waals surface area contributed by atoms with Gasteiger partial charge in [0.1, 0.15) is 0 Å². The molecule has 0 radical (unpaired) electrons. The number of methoxy groups -OCH3 is 1. The van der Waals surface area contributed by atoms with Gasteiger partial charge in [0, 0.05) is 49.9 Å². The van der Waals surface area contributed by atoms with Gasteiger partial charge in [0.05, 0.1) is 25.4 Å². The highest BCUT2D eigenvalue weighted by Gasteiger charge is 2.24. The maximum absolute atomic E-state index is 13.1. The Morgan fingerprint density at radius 3 is 2.71 bits per heavy atom. The smallest absolute Gasteiger partial charge is 0.259 e. The summed E-state index contributed by atoms with van der Waals surface area (Å²) < 4.78 is 22.3. The van der Waals surface area contributed by atoms with Gasteiger partial charge in [-0.25, -0.2) is 14.3 Å². The Hall–Kier alpha value is -3.44. The first-order valence-electron chi connectivity index (χ1n) is 10.8. The average molecular weight is 482 g/mol. The highest BCUT2D eigenvalue weighted by Crippen LogP contribution is 2.35. The molecule has 1 aliphatic rings. The van der Waals surface area contributed by atoms with Crippen LogP contribution >= 0.6 is 0 Å². The highest BCUT2D eigenvalue weighted by atomic mass is 32.2. The fourth-order valence-corrected chi connectivity index (χ4v) is 4.94. The Morgan fingerprint density at radius 1 is 1.18 bits per heavy atom. The molecule has 0 aliphatic heterocycles. The highest BCUT2D eigenvalue weighted by molar-refractivity contribution is 7.91. The van der Waals surface area contributed by atoms with E-state index < -0.39 is 15.8 Å². The van der Waals surface area contributed by atoms with Crippen LogP contribution in [0.15, 0.2) is 40.1 Å². The molecule has 3 heterocycles. The maximum Gasteiger partial charge on any atom is 0.259 e. The van der Waals surface area contributed by atoms with Gasteiger partial charge in [0.15, 0.2) is 14.9 Å². The number of ether oxygens (including phenoxy) is 1. The lowest BCUT2D eigenvalue weighted by molar-refractivity contribution is -0.117. The lowest BCUT2D eigenvalue weighted by Crippen LogP contribution is -2.19. The standard InChI is InChI=1S/C23H27N7O3S/c1-14-11-26-22(33-4)10-17(14)19-13-25-20-7-5-6-16(20)18(19)9-21(31)29-34(24,32)23-8-15(30(2)3)12-27-28-23/h8,10-13H,5-7,9H2,1-4H3,(H2,24,29,31,32). The van der Waals surface area contributed by atoms with E-state index in [1.165, 1.54) is 12.3 Å². The topological polar surface area (TPSA) is 137 Å². The van der Waals surface area contributed by atoms with Crippen molar-refractivity contribution in [2.45, 2.75) is 37.6 Å². The molecular formula is C23H27N7O3S. The van der Waals surface area contributed by atoms with Crippen molar-refractivity contribution in [3.63, 3.8) is 0 Å². The zero-order valence-electron chi connectivity index (χ0n) is 19.6. The van der Waals surface area contributed by atoms with Gasteiger partial charge in [-0.2, -0.15) is 5.10 Å². The maximum atomic E-state index is 13.1. The molecule has 1 atom stereocenters. The Balaban J connectivity index is 1.76. The van der Waals surface area contributed by atoms with Crippen LogP contribution in [-0.4, -0.2) is 51.5 Å². The van der Waals surface area contributed by atoms with Gasteiger partial charge in [-0.05, 0) is 48.4 Å². The van der Waals surface area contributed by atoms with Gasteiger partial charge in [0.25, 0.3) is 5.91 Å². The molecule has 0 saturated carbocycles. The molecular weight excluding hydrogens is 454 g/mol. The minimum atomic E-state index is -3.57. The number of fused-ring (bicyclic) bond motifs is 1. The van der Waals surface area contributed by atoms with Gasteiger partial charge >= 0.3 is 0 Å². The average Bonchev–Trinajstić information content (AvgIpc) is 3.29. The number of anilines is 1. The summed E-state index contributed by atoms with van der Waals surface area (Å²) in [4.78, 5) is 23.7. The Kier molecular flexibility index (Phi) is 6.58. The van der Waals surface area contributed by atoms with E-state index in [0.717, 1.165) is 52.8 Å². The summed E-state index contributed by atoms with van der Waals surface area (Å²) in [5, 5.41) is 13.6. The third kappa shape index (κ3) is 4.75. The van der Waals surface area contributed by atoms with Crippen molar-refractivity contribution in [2.24, 2.45) is 9.50 Å². The van der Waals surface area contributed by atoms with Crippen molar-refractivity contribution >= 4 is 21.5 Å². The second-order valence-corrected chi connectivity index (χ2v) is 10.1. The van der Waals surface area contributed by atoms with Crippen molar-refractivity contribution < 1.29 is 13.7 Å². The fourth-order valence-electron chi connectivity index (χ4n) is 4.03. The molecule has 11 heteroatoms. The minimum absolute atomic E-state index is 0.0399. The van der Waals surface area contributed by atoms with Crippen LogP contribution in [0, 0.1) is 6.92 Å². The quantitative estimate of drug-likeness (QED) is 0.566. The van der Waals surface area contributed by atoms with Gasteiger partial charge in [0.2, 0.25) is 5.88 Å². The zero-order chi connectivity index (χ0) is 24.5. The summed E-state index contributed by atoms with van der Waals surface area (Å²) >= 11 is 0. The third-order valence-electron chi connectivity index (χ3n) is 5.80. The van der Waals surface area contributed by atoms with Crippen LogP contribution in [0.1, 0.15) is 28.8 Å². The van der Waals surface area contributed by atoms with E-state index in [1.54, 1.807) is 24.4 Å². The largest absolute Gasteiger partial charge is 0.481 e. The second kappa shape index (κ2) is 9.43. The van der Waals surface area contributed by atoms with Crippen LogP contribution < -0.4 is 14.8 Å². The van der Waals surface area contributed by atoms with Crippen LogP contribution in [0.4, 0.5) is 5.69 Å². The molecule has 178 valence electrons. The summed E-state index contributed by atoms with van der Waals surface area (Å²) in [6.07, 6.45) is 7.59. The molecule has 3 aromatic heterocycles. The molecule has 0 bridgehead atoms. The molecule has 0 fully saturated rings. The summed E-state index contributed by atoms with van der Waals surface area (Å²) in [5.74, 6) is -0.128. The molecule has 1 unspecified atom stereocenters. The van der Waals surface area contributed by atoms with Crippen LogP contribution in [-0.2, 0) is 34.0 Å². The number of amides is 1. The number of carbonyl (C=O) groups excluding carboxylic acids is 1. The first-order valence-corrected chi connectivity index (χ1v) is 12.4. The number of hydrogen-bond donors (Lipinski definition) is 1. The Bertz CT molecular complexity index is 1380. The van der Waals surface area contributed by atoms with E-state index in [0.29, 0.717) is 11.6 Å². The van der Waals surface area contributed by atoms with Gasteiger partial charge < -0.3 is 9.64 Å². The second-order valence-electron chi connectivity index (χ2n) is 8.35. The van der Waals surface area contributed by atoms with E-state index in [9.17, 15) is 9.00 Å². The van der Waals surface area contributed by atoms with Crippen LogP contribution in [0.5, 0.6) is 5.88 Å². The van der Waals surface area contributed by atoms with Crippen molar-refractivity contribution in [1.82, 2.24) is 20.2 Å². The summed E-state index contributed by atoms with van der Waals surface area (Å²) in [5.41, 5.74) is 6.08. The fraction of sp³-hybridized carbons (Fsp3) is 0.348. The number of hydrogen-bond acceptors (Lipinski definition) is 8. The van der Waals surface area contributed by atoms with Crippen molar-refractivity contribution in [3.8, 4) is 17.0 Å². The van der Waals surface area contributed by atoms with E-state index >= 15 is 0 Å². The number of rotatable bonds is 6. The molecule has 34 heavy (non-hydrogen) atoms. The minimum Gasteiger partial charge on any atom is -0.481 e. The van der Waals surface area contributed by atoms with E-state index in [2.05, 4.69) is 24.5 Å². The lowest BCUT2D eigenvalue weighted by Gasteiger charge is -2.16.